The van der Waals surface area contributed by atoms with Crippen LogP contribution in [0.25, 0.3) is 11.0 Å². The van der Waals surface area contributed by atoms with Crippen LogP contribution in [0.1, 0.15) is 16.1 Å². The van der Waals surface area contributed by atoms with Crippen LogP contribution >= 0.6 is 0 Å². The second kappa shape index (κ2) is 7.64. The fourth-order valence-corrected chi connectivity index (χ4v) is 2.87. The average molecular weight is 357 g/mol. The standard InChI is InChI=1S/C15H17N7O.CH2O2/c1-9-2-12-13(17-8-18-14(12)21-9)16-3-10-6-22(7-10)15(23)11-4-19-20-5-11;2-1-3/h2,4-5,8,10H,3,6-7H2,1H3,(H,19,20)(H2,16,17,18,21);1H,(H,2,3). The highest BCUT2D eigenvalue weighted by Gasteiger charge is 2.31. The zero-order valence-corrected chi connectivity index (χ0v) is 14.1. The van der Waals surface area contributed by atoms with Gasteiger partial charge in [-0.3, -0.25) is 14.7 Å². The molecule has 3 aromatic rings. The van der Waals surface area contributed by atoms with E-state index < -0.39 is 0 Å². The van der Waals surface area contributed by atoms with E-state index in [4.69, 9.17) is 9.90 Å². The van der Waals surface area contributed by atoms with Gasteiger partial charge in [-0.25, -0.2) is 9.97 Å². The molecule has 136 valence electrons. The molecule has 0 bridgehead atoms. The van der Waals surface area contributed by atoms with E-state index in [1.54, 1.807) is 18.7 Å². The zero-order chi connectivity index (χ0) is 18.5. The van der Waals surface area contributed by atoms with Crippen LogP contribution in [-0.2, 0) is 4.79 Å². The first-order valence-corrected chi connectivity index (χ1v) is 8.02. The largest absolute Gasteiger partial charge is 0.483 e. The van der Waals surface area contributed by atoms with Gasteiger partial charge in [-0.1, -0.05) is 0 Å². The molecule has 4 N–H and O–H groups in total. The lowest BCUT2D eigenvalue weighted by Gasteiger charge is -2.39. The summed E-state index contributed by atoms with van der Waals surface area (Å²) in [5.74, 6) is 1.29. The normalized spacial score (nSPS) is 13.7. The molecule has 0 radical (unpaired) electrons. The SMILES string of the molecule is Cc1cc2c(NCC3CN(C(=O)c4cn[nH]c4)C3)ncnc2[nH]1.O=CO. The van der Waals surface area contributed by atoms with Crippen molar-refractivity contribution in [2.75, 3.05) is 25.0 Å². The van der Waals surface area contributed by atoms with Crippen LogP contribution < -0.4 is 5.32 Å². The topological polar surface area (TPSA) is 140 Å². The van der Waals surface area contributed by atoms with Gasteiger partial charge in [0.2, 0.25) is 0 Å². The van der Waals surface area contributed by atoms with Gasteiger partial charge in [0, 0.05) is 37.4 Å². The molecule has 0 atom stereocenters. The number of nitrogens with zero attached hydrogens (tertiary/aromatic N) is 4. The molecule has 26 heavy (non-hydrogen) atoms. The third kappa shape index (κ3) is 3.63. The van der Waals surface area contributed by atoms with Gasteiger partial charge in [0.1, 0.15) is 17.8 Å². The average Bonchev–Trinajstić information content (AvgIpc) is 3.22. The van der Waals surface area contributed by atoms with Crippen LogP contribution in [0.2, 0.25) is 0 Å². The Labute approximate surface area is 148 Å². The number of fused-ring (bicyclic) bond motifs is 1. The van der Waals surface area contributed by atoms with Crippen molar-refractivity contribution in [2.24, 2.45) is 5.92 Å². The molecule has 0 aromatic carbocycles. The lowest BCUT2D eigenvalue weighted by molar-refractivity contribution is -0.122. The van der Waals surface area contributed by atoms with Gasteiger partial charge in [0.25, 0.3) is 12.4 Å². The van der Waals surface area contributed by atoms with Gasteiger partial charge in [0.05, 0.1) is 17.1 Å². The molecule has 3 aromatic heterocycles. The van der Waals surface area contributed by atoms with Crippen LogP contribution in [0, 0.1) is 12.8 Å². The number of aryl methyl sites for hydroxylation is 1. The van der Waals surface area contributed by atoms with E-state index >= 15 is 0 Å². The Morgan fingerprint density at radius 3 is 2.92 bits per heavy atom. The molecule has 0 spiro atoms. The molecule has 4 rings (SSSR count). The number of aromatic amines is 2. The molecule has 4 heterocycles. The Morgan fingerprint density at radius 1 is 1.46 bits per heavy atom. The van der Waals surface area contributed by atoms with Gasteiger partial charge in [-0.15, -0.1) is 0 Å². The number of carboxylic acid groups (broad SMARTS) is 1. The number of amides is 1. The summed E-state index contributed by atoms with van der Waals surface area (Å²) < 4.78 is 0. The minimum atomic E-state index is -0.250. The van der Waals surface area contributed by atoms with Crippen molar-refractivity contribution in [3.8, 4) is 0 Å². The van der Waals surface area contributed by atoms with Gasteiger partial charge in [-0.2, -0.15) is 5.10 Å². The lowest BCUT2D eigenvalue weighted by Crippen LogP contribution is -2.52. The van der Waals surface area contributed by atoms with Crippen molar-refractivity contribution in [3.05, 3.63) is 36.0 Å². The summed E-state index contributed by atoms with van der Waals surface area (Å²) in [5, 5.41) is 17.7. The predicted octanol–water partition coefficient (Wildman–Crippen LogP) is 0.874. The molecular formula is C16H19N7O3. The number of carbonyl (C=O) groups is 2. The van der Waals surface area contributed by atoms with E-state index in [2.05, 4.69) is 30.5 Å². The van der Waals surface area contributed by atoms with Gasteiger partial charge >= 0.3 is 0 Å². The molecule has 10 nitrogen and oxygen atoms in total. The number of aromatic nitrogens is 5. The maximum atomic E-state index is 12.1. The highest BCUT2D eigenvalue weighted by atomic mass is 16.3. The van der Waals surface area contributed by atoms with Crippen LogP contribution in [0.5, 0.6) is 0 Å². The van der Waals surface area contributed by atoms with Crippen molar-refractivity contribution in [1.29, 1.82) is 0 Å². The summed E-state index contributed by atoms with van der Waals surface area (Å²) >= 11 is 0. The molecule has 1 aliphatic rings. The fraction of sp³-hybridized carbons (Fsp3) is 0.312. The number of anilines is 1. The molecule has 0 unspecified atom stereocenters. The van der Waals surface area contributed by atoms with Gasteiger partial charge < -0.3 is 20.3 Å². The van der Waals surface area contributed by atoms with Crippen LogP contribution in [-0.4, -0.2) is 67.2 Å². The summed E-state index contributed by atoms with van der Waals surface area (Å²) in [6.07, 6.45) is 4.73. The van der Waals surface area contributed by atoms with E-state index in [-0.39, 0.29) is 12.4 Å². The smallest absolute Gasteiger partial charge is 0.290 e. The van der Waals surface area contributed by atoms with Crippen molar-refractivity contribution < 1.29 is 14.7 Å². The van der Waals surface area contributed by atoms with Gasteiger partial charge in [0.15, 0.2) is 0 Å². The second-order valence-corrected chi connectivity index (χ2v) is 5.99. The monoisotopic (exact) mass is 357 g/mol. The van der Waals surface area contributed by atoms with E-state index in [0.717, 1.165) is 42.2 Å². The maximum Gasteiger partial charge on any atom is 0.290 e. The highest BCUT2D eigenvalue weighted by molar-refractivity contribution is 5.94. The Bertz CT molecular complexity index is 885. The Balaban J connectivity index is 0.000000613. The zero-order valence-electron chi connectivity index (χ0n) is 14.1. The van der Waals surface area contributed by atoms with E-state index in [0.29, 0.717) is 11.5 Å². The summed E-state index contributed by atoms with van der Waals surface area (Å²) in [5.41, 5.74) is 2.51. The van der Waals surface area contributed by atoms with Crippen molar-refractivity contribution in [3.63, 3.8) is 0 Å². The van der Waals surface area contributed by atoms with Crippen molar-refractivity contribution in [2.45, 2.75) is 6.92 Å². The van der Waals surface area contributed by atoms with E-state index in [1.165, 1.54) is 0 Å². The molecule has 1 aliphatic heterocycles. The molecule has 1 amide bonds. The predicted molar refractivity (Wildman–Crippen MR) is 93.8 cm³/mol. The minimum absolute atomic E-state index is 0.0284. The summed E-state index contributed by atoms with van der Waals surface area (Å²) in [4.78, 5) is 34.0. The maximum absolute atomic E-state index is 12.1. The molecule has 10 heteroatoms. The third-order valence-electron chi connectivity index (χ3n) is 4.11. The highest BCUT2D eigenvalue weighted by Crippen LogP contribution is 2.22. The summed E-state index contributed by atoms with van der Waals surface area (Å²) in [7, 11) is 0. The van der Waals surface area contributed by atoms with Crippen LogP contribution in [0.15, 0.2) is 24.8 Å². The second-order valence-electron chi connectivity index (χ2n) is 5.99. The van der Waals surface area contributed by atoms with Crippen molar-refractivity contribution >= 4 is 29.2 Å². The number of hydrogen-bond donors (Lipinski definition) is 4. The fourth-order valence-electron chi connectivity index (χ4n) is 2.87. The first-order valence-electron chi connectivity index (χ1n) is 8.02. The third-order valence-corrected chi connectivity index (χ3v) is 4.11. The Hall–Kier alpha value is -3.43. The first-order chi connectivity index (χ1) is 12.6. The number of likely N-dealkylation sites (tertiary alicyclic amines) is 1. The Kier molecular flexibility index (Phi) is 5.11. The molecule has 0 saturated carbocycles. The van der Waals surface area contributed by atoms with Crippen LogP contribution in [0.3, 0.4) is 0 Å². The number of rotatable bonds is 4. The summed E-state index contributed by atoms with van der Waals surface area (Å²) in [6.45, 7) is 4.02. The molecule has 1 saturated heterocycles. The first kappa shape index (κ1) is 17.4. The quantitative estimate of drug-likeness (QED) is 0.508. The lowest BCUT2D eigenvalue weighted by atomic mass is 9.99. The number of carbonyl (C=O) groups excluding carboxylic acids is 1. The molecular weight excluding hydrogens is 338 g/mol. The summed E-state index contributed by atoms with van der Waals surface area (Å²) in [6, 6.07) is 2.03. The van der Waals surface area contributed by atoms with E-state index in [9.17, 15) is 4.79 Å². The van der Waals surface area contributed by atoms with Crippen molar-refractivity contribution in [1.82, 2.24) is 30.0 Å². The number of H-pyrrole nitrogens is 2. The van der Waals surface area contributed by atoms with E-state index in [1.807, 2.05) is 17.9 Å². The number of hydrogen-bond acceptors (Lipinski definition) is 6. The minimum Gasteiger partial charge on any atom is -0.483 e. The molecule has 0 aliphatic carbocycles. The Morgan fingerprint density at radius 2 is 2.23 bits per heavy atom. The van der Waals surface area contributed by atoms with Crippen LogP contribution in [0.4, 0.5) is 5.82 Å². The van der Waals surface area contributed by atoms with Gasteiger partial charge in [-0.05, 0) is 13.0 Å². The number of nitrogens with one attached hydrogen (secondary N) is 3. The molecule has 1 fully saturated rings.